The number of hydrogen-bond donors (Lipinski definition) is 0. The van der Waals surface area contributed by atoms with Crippen LogP contribution in [0.5, 0.6) is 0 Å². The minimum absolute atomic E-state index is 0.00523. The molecule has 0 radical (unpaired) electrons. The fourth-order valence-corrected chi connectivity index (χ4v) is 2.38. The standard InChI is InChI=1S/C19H22O2/c1-3-14-21-19(17-12-8-5-9-13-17)15-18(20-2)16-10-6-4-7-11-16/h3-13,18-19H,1,14-15H2,2H3. The number of methoxy groups -OCH3 is 1. The summed E-state index contributed by atoms with van der Waals surface area (Å²) in [5.74, 6) is 0. The second-order valence-electron chi connectivity index (χ2n) is 4.89. The van der Waals surface area contributed by atoms with Crippen LogP contribution in [0.3, 0.4) is 0 Å². The first-order valence-corrected chi connectivity index (χ1v) is 7.20. The van der Waals surface area contributed by atoms with E-state index in [-0.39, 0.29) is 12.2 Å². The van der Waals surface area contributed by atoms with Crippen LogP contribution >= 0.6 is 0 Å². The highest BCUT2D eigenvalue weighted by molar-refractivity contribution is 5.21. The summed E-state index contributed by atoms with van der Waals surface area (Å²) in [5, 5.41) is 0. The topological polar surface area (TPSA) is 18.5 Å². The van der Waals surface area contributed by atoms with E-state index in [1.54, 1.807) is 13.2 Å². The Morgan fingerprint density at radius 1 is 0.905 bits per heavy atom. The van der Waals surface area contributed by atoms with Gasteiger partial charge in [-0.2, -0.15) is 0 Å². The zero-order valence-corrected chi connectivity index (χ0v) is 12.4. The number of rotatable bonds is 8. The molecular formula is C19H22O2. The van der Waals surface area contributed by atoms with Gasteiger partial charge in [-0.3, -0.25) is 0 Å². The third kappa shape index (κ3) is 4.55. The van der Waals surface area contributed by atoms with Crippen LogP contribution in [0, 0.1) is 0 Å². The van der Waals surface area contributed by atoms with Crippen molar-refractivity contribution in [3.05, 3.63) is 84.4 Å². The van der Waals surface area contributed by atoms with Crippen LogP contribution in [0.1, 0.15) is 29.8 Å². The molecule has 2 heteroatoms. The van der Waals surface area contributed by atoms with E-state index in [0.717, 1.165) is 12.0 Å². The molecule has 2 rings (SSSR count). The Hall–Kier alpha value is -1.90. The maximum Gasteiger partial charge on any atom is 0.0857 e. The minimum atomic E-state index is -0.00523. The van der Waals surface area contributed by atoms with Crippen molar-refractivity contribution in [2.75, 3.05) is 13.7 Å². The average molecular weight is 282 g/mol. The smallest absolute Gasteiger partial charge is 0.0857 e. The van der Waals surface area contributed by atoms with Crippen molar-refractivity contribution in [3.8, 4) is 0 Å². The Kier molecular flexibility index (Phi) is 6.20. The van der Waals surface area contributed by atoms with Gasteiger partial charge in [-0.15, -0.1) is 6.58 Å². The first-order chi connectivity index (χ1) is 10.3. The highest BCUT2D eigenvalue weighted by Gasteiger charge is 2.19. The van der Waals surface area contributed by atoms with E-state index in [1.165, 1.54) is 5.56 Å². The van der Waals surface area contributed by atoms with Crippen LogP contribution in [-0.2, 0) is 9.47 Å². The SMILES string of the molecule is C=CCOC(CC(OC)c1ccccc1)c1ccccc1. The molecule has 0 aliphatic rings. The maximum atomic E-state index is 5.93. The van der Waals surface area contributed by atoms with Crippen LogP contribution in [0.15, 0.2) is 73.3 Å². The van der Waals surface area contributed by atoms with Crippen molar-refractivity contribution in [1.29, 1.82) is 0 Å². The molecule has 2 nitrogen and oxygen atoms in total. The monoisotopic (exact) mass is 282 g/mol. The van der Waals surface area contributed by atoms with E-state index in [1.807, 2.05) is 36.4 Å². The fraction of sp³-hybridized carbons (Fsp3) is 0.263. The zero-order valence-electron chi connectivity index (χ0n) is 12.4. The summed E-state index contributed by atoms with van der Waals surface area (Å²) in [4.78, 5) is 0. The predicted molar refractivity (Wildman–Crippen MR) is 86.1 cm³/mol. The summed E-state index contributed by atoms with van der Waals surface area (Å²) in [6.45, 7) is 4.26. The molecule has 0 spiro atoms. The Bertz CT molecular complexity index is 522. The molecule has 0 saturated heterocycles. The molecule has 0 N–H and O–H groups in total. The third-order valence-corrected chi connectivity index (χ3v) is 3.47. The lowest BCUT2D eigenvalue weighted by molar-refractivity contribution is 0.00761. The fourth-order valence-electron chi connectivity index (χ4n) is 2.38. The van der Waals surface area contributed by atoms with Crippen molar-refractivity contribution >= 4 is 0 Å². The zero-order chi connectivity index (χ0) is 14.9. The highest BCUT2D eigenvalue weighted by Crippen LogP contribution is 2.31. The van der Waals surface area contributed by atoms with Crippen molar-refractivity contribution in [1.82, 2.24) is 0 Å². The molecule has 2 atom stereocenters. The Balaban J connectivity index is 2.15. The number of hydrogen-bond acceptors (Lipinski definition) is 2. The lowest BCUT2D eigenvalue weighted by Crippen LogP contribution is -2.11. The van der Waals surface area contributed by atoms with Crippen molar-refractivity contribution in [2.45, 2.75) is 18.6 Å². The molecular weight excluding hydrogens is 260 g/mol. The van der Waals surface area contributed by atoms with Gasteiger partial charge in [0.05, 0.1) is 18.8 Å². The largest absolute Gasteiger partial charge is 0.377 e. The van der Waals surface area contributed by atoms with Gasteiger partial charge in [0.2, 0.25) is 0 Å². The molecule has 2 aromatic carbocycles. The lowest BCUT2D eigenvalue weighted by Gasteiger charge is -2.23. The molecule has 2 aromatic rings. The highest BCUT2D eigenvalue weighted by atomic mass is 16.5. The molecule has 21 heavy (non-hydrogen) atoms. The van der Waals surface area contributed by atoms with E-state index < -0.39 is 0 Å². The quantitative estimate of drug-likeness (QED) is 0.653. The first kappa shape index (κ1) is 15.5. The van der Waals surface area contributed by atoms with Gasteiger partial charge in [-0.25, -0.2) is 0 Å². The molecule has 0 saturated carbocycles. The molecule has 0 fully saturated rings. The normalized spacial score (nSPS) is 13.6. The summed E-state index contributed by atoms with van der Waals surface area (Å²) in [6, 6.07) is 20.5. The molecule has 0 aromatic heterocycles. The van der Waals surface area contributed by atoms with Crippen LogP contribution in [0.4, 0.5) is 0 Å². The molecule has 110 valence electrons. The minimum Gasteiger partial charge on any atom is -0.377 e. The molecule has 0 bridgehead atoms. The van der Waals surface area contributed by atoms with E-state index in [0.29, 0.717) is 6.61 Å². The van der Waals surface area contributed by atoms with Crippen molar-refractivity contribution in [2.24, 2.45) is 0 Å². The summed E-state index contributed by atoms with van der Waals surface area (Å²) < 4.78 is 11.6. The van der Waals surface area contributed by atoms with Gasteiger partial charge in [0.15, 0.2) is 0 Å². The summed E-state index contributed by atoms with van der Waals surface area (Å²) in [7, 11) is 1.74. The van der Waals surface area contributed by atoms with Gasteiger partial charge in [0.25, 0.3) is 0 Å². The van der Waals surface area contributed by atoms with Gasteiger partial charge in [-0.05, 0) is 11.1 Å². The molecule has 2 unspecified atom stereocenters. The van der Waals surface area contributed by atoms with Gasteiger partial charge >= 0.3 is 0 Å². The Morgan fingerprint density at radius 3 is 1.90 bits per heavy atom. The van der Waals surface area contributed by atoms with Crippen LogP contribution in [0.2, 0.25) is 0 Å². The summed E-state index contributed by atoms with van der Waals surface area (Å²) in [6.07, 6.45) is 2.56. The predicted octanol–water partition coefficient (Wildman–Crippen LogP) is 4.71. The number of benzene rings is 2. The second kappa shape index (κ2) is 8.40. The summed E-state index contributed by atoms with van der Waals surface area (Å²) >= 11 is 0. The maximum absolute atomic E-state index is 5.93. The Labute approximate surface area is 127 Å². The van der Waals surface area contributed by atoms with Gasteiger partial charge < -0.3 is 9.47 Å². The van der Waals surface area contributed by atoms with Crippen molar-refractivity contribution in [3.63, 3.8) is 0 Å². The summed E-state index contributed by atoms with van der Waals surface area (Å²) in [5.41, 5.74) is 2.33. The van der Waals surface area contributed by atoms with Gasteiger partial charge in [0.1, 0.15) is 0 Å². The number of ether oxygens (including phenoxy) is 2. The van der Waals surface area contributed by atoms with E-state index >= 15 is 0 Å². The third-order valence-electron chi connectivity index (χ3n) is 3.47. The van der Waals surface area contributed by atoms with Gasteiger partial charge in [0, 0.05) is 13.5 Å². The second-order valence-corrected chi connectivity index (χ2v) is 4.89. The molecule has 0 aliphatic heterocycles. The van der Waals surface area contributed by atoms with E-state index in [2.05, 4.69) is 30.8 Å². The van der Waals surface area contributed by atoms with Gasteiger partial charge in [-0.1, -0.05) is 66.7 Å². The van der Waals surface area contributed by atoms with Crippen molar-refractivity contribution < 1.29 is 9.47 Å². The molecule has 0 amide bonds. The Morgan fingerprint density at radius 2 is 1.43 bits per heavy atom. The van der Waals surface area contributed by atoms with Crippen LogP contribution < -0.4 is 0 Å². The van der Waals surface area contributed by atoms with Crippen LogP contribution in [0.25, 0.3) is 0 Å². The average Bonchev–Trinajstić information content (AvgIpc) is 2.57. The van der Waals surface area contributed by atoms with E-state index in [4.69, 9.17) is 9.47 Å². The van der Waals surface area contributed by atoms with E-state index in [9.17, 15) is 0 Å². The molecule has 0 heterocycles. The molecule has 0 aliphatic carbocycles. The lowest BCUT2D eigenvalue weighted by atomic mass is 9.98. The van der Waals surface area contributed by atoms with Crippen LogP contribution in [-0.4, -0.2) is 13.7 Å². The first-order valence-electron chi connectivity index (χ1n) is 7.20.